The first-order chi connectivity index (χ1) is 13.8. The standard InChI is InChI=1S/C23H30N2O3/c1-26-22-7-2-3-8-23(22)28-18-11-9-17(10-12-18)15-25-20-6-4-5-19(20)21-16-27-14-13-24-21/h2-3,7-12,19-21,24-25H,4-6,13-16H2,1H3. The first-order valence-corrected chi connectivity index (χ1v) is 10.3. The molecule has 1 aliphatic heterocycles. The Labute approximate surface area is 167 Å². The van der Waals surface area contributed by atoms with E-state index in [2.05, 4.69) is 22.8 Å². The second-order valence-electron chi connectivity index (χ2n) is 7.61. The molecule has 2 N–H and O–H groups in total. The lowest BCUT2D eigenvalue weighted by Crippen LogP contribution is -2.50. The van der Waals surface area contributed by atoms with E-state index in [4.69, 9.17) is 14.2 Å². The van der Waals surface area contributed by atoms with Gasteiger partial charge in [-0.3, -0.25) is 0 Å². The SMILES string of the molecule is COc1ccccc1Oc1ccc(CNC2CCCC2C2COCCN2)cc1. The molecule has 5 nitrogen and oxygen atoms in total. The smallest absolute Gasteiger partial charge is 0.169 e. The summed E-state index contributed by atoms with van der Waals surface area (Å²) >= 11 is 0. The van der Waals surface area contributed by atoms with Gasteiger partial charge < -0.3 is 24.8 Å². The van der Waals surface area contributed by atoms with Crippen LogP contribution in [0.3, 0.4) is 0 Å². The summed E-state index contributed by atoms with van der Waals surface area (Å²) in [6.45, 7) is 3.54. The van der Waals surface area contributed by atoms with Gasteiger partial charge in [-0.05, 0) is 48.6 Å². The van der Waals surface area contributed by atoms with Crippen molar-refractivity contribution in [1.82, 2.24) is 10.6 Å². The van der Waals surface area contributed by atoms with Crippen LogP contribution < -0.4 is 20.1 Å². The fourth-order valence-corrected chi connectivity index (χ4v) is 4.34. The van der Waals surface area contributed by atoms with Gasteiger partial charge in [0, 0.05) is 25.2 Å². The van der Waals surface area contributed by atoms with Crippen LogP contribution in [0.5, 0.6) is 17.2 Å². The lowest BCUT2D eigenvalue weighted by Gasteiger charge is -2.33. The molecule has 1 saturated carbocycles. The molecule has 3 atom stereocenters. The van der Waals surface area contributed by atoms with Crippen molar-refractivity contribution in [3.8, 4) is 17.2 Å². The number of hydrogen-bond donors (Lipinski definition) is 2. The molecule has 1 saturated heterocycles. The Morgan fingerprint density at radius 1 is 1.07 bits per heavy atom. The third-order valence-corrected chi connectivity index (χ3v) is 5.83. The van der Waals surface area contributed by atoms with Crippen LogP contribution in [0.25, 0.3) is 0 Å². The lowest BCUT2D eigenvalue weighted by molar-refractivity contribution is 0.0524. The molecule has 3 unspecified atom stereocenters. The van der Waals surface area contributed by atoms with E-state index in [9.17, 15) is 0 Å². The summed E-state index contributed by atoms with van der Waals surface area (Å²) in [5.41, 5.74) is 1.27. The highest BCUT2D eigenvalue weighted by atomic mass is 16.5. The van der Waals surface area contributed by atoms with Crippen molar-refractivity contribution in [3.63, 3.8) is 0 Å². The van der Waals surface area contributed by atoms with Gasteiger partial charge in [0.25, 0.3) is 0 Å². The quantitative estimate of drug-likeness (QED) is 0.764. The number of rotatable bonds is 7. The molecule has 2 aromatic rings. The topological polar surface area (TPSA) is 51.8 Å². The minimum absolute atomic E-state index is 0.491. The van der Waals surface area contributed by atoms with Crippen LogP contribution in [0.1, 0.15) is 24.8 Å². The van der Waals surface area contributed by atoms with Crippen LogP contribution in [0.4, 0.5) is 0 Å². The Balaban J connectivity index is 1.32. The molecule has 0 amide bonds. The van der Waals surface area contributed by atoms with Crippen molar-refractivity contribution in [1.29, 1.82) is 0 Å². The molecule has 150 valence electrons. The van der Waals surface area contributed by atoms with Gasteiger partial charge >= 0.3 is 0 Å². The van der Waals surface area contributed by atoms with Gasteiger partial charge in [0.2, 0.25) is 0 Å². The van der Waals surface area contributed by atoms with Crippen molar-refractivity contribution in [2.45, 2.75) is 37.9 Å². The van der Waals surface area contributed by atoms with Crippen LogP contribution >= 0.6 is 0 Å². The van der Waals surface area contributed by atoms with Gasteiger partial charge in [0.05, 0.1) is 20.3 Å². The van der Waals surface area contributed by atoms with Crippen LogP contribution in [0.2, 0.25) is 0 Å². The molecule has 28 heavy (non-hydrogen) atoms. The molecule has 1 heterocycles. The highest BCUT2D eigenvalue weighted by molar-refractivity contribution is 5.43. The van der Waals surface area contributed by atoms with Crippen LogP contribution in [-0.2, 0) is 11.3 Å². The molecular weight excluding hydrogens is 352 g/mol. The van der Waals surface area contributed by atoms with Crippen molar-refractivity contribution in [2.75, 3.05) is 26.9 Å². The average molecular weight is 383 g/mol. The maximum Gasteiger partial charge on any atom is 0.169 e. The molecule has 5 heteroatoms. The van der Waals surface area contributed by atoms with Crippen molar-refractivity contribution < 1.29 is 14.2 Å². The molecule has 2 aromatic carbocycles. The number of benzene rings is 2. The summed E-state index contributed by atoms with van der Waals surface area (Å²) in [5.74, 6) is 2.94. The molecule has 2 aliphatic rings. The zero-order valence-corrected chi connectivity index (χ0v) is 16.5. The summed E-state index contributed by atoms with van der Waals surface area (Å²) in [6.07, 6.45) is 3.83. The van der Waals surface area contributed by atoms with Gasteiger partial charge in [-0.25, -0.2) is 0 Å². The predicted molar refractivity (Wildman–Crippen MR) is 110 cm³/mol. The number of para-hydroxylation sites is 2. The molecule has 0 aromatic heterocycles. The minimum Gasteiger partial charge on any atom is -0.493 e. The van der Waals surface area contributed by atoms with E-state index in [1.807, 2.05) is 36.4 Å². The molecule has 0 bridgehead atoms. The second kappa shape index (κ2) is 9.41. The van der Waals surface area contributed by atoms with Gasteiger partial charge in [-0.15, -0.1) is 0 Å². The van der Waals surface area contributed by atoms with Crippen LogP contribution in [0, 0.1) is 5.92 Å². The van der Waals surface area contributed by atoms with Crippen LogP contribution in [-0.4, -0.2) is 39.0 Å². The molecular formula is C23H30N2O3. The Morgan fingerprint density at radius 3 is 2.64 bits per heavy atom. The van der Waals surface area contributed by atoms with Gasteiger partial charge in [0.15, 0.2) is 11.5 Å². The van der Waals surface area contributed by atoms with Gasteiger partial charge in [-0.2, -0.15) is 0 Å². The number of morpholine rings is 1. The summed E-state index contributed by atoms with van der Waals surface area (Å²) in [4.78, 5) is 0. The largest absolute Gasteiger partial charge is 0.493 e. The first kappa shape index (κ1) is 19.2. The monoisotopic (exact) mass is 382 g/mol. The lowest BCUT2D eigenvalue weighted by atomic mass is 9.94. The van der Waals surface area contributed by atoms with E-state index in [1.54, 1.807) is 7.11 Å². The Hall–Kier alpha value is -2.08. The molecule has 0 radical (unpaired) electrons. The fraction of sp³-hybridized carbons (Fsp3) is 0.478. The van der Waals surface area contributed by atoms with E-state index < -0.39 is 0 Å². The highest BCUT2D eigenvalue weighted by Crippen LogP contribution is 2.32. The maximum atomic E-state index is 5.96. The summed E-state index contributed by atoms with van der Waals surface area (Å²) in [5, 5.41) is 7.41. The third-order valence-electron chi connectivity index (χ3n) is 5.83. The minimum atomic E-state index is 0.491. The van der Waals surface area contributed by atoms with E-state index in [0.29, 0.717) is 18.0 Å². The molecule has 1 aliphatic carbocycles. The van der Waals surface area contributed by atoms with E-state index >= 15 is 0 Å². The second-order valence-corrected chi connectivity index (χ2v) is 7.61. The highest BCUT2D eigenvalue weighted by Gasteiger charge is 2.34. The third kappa shape index (κ3) is 4.66. The Bertz CT molecular complexity index is 744. The van der Waals surface area contributed by atoms with Crippen LogP contribution in [0.15, 0.2) is 48.5 Å². The first-order valence-electron chi connectivity index (χ1n) is 10.3. The zero-order valence-electron chi connectivity index (χ0n) is 16.5. The Morgan fingerprint density at radius 2 is 1.89 bits per heavy atom. The predicted octanol–water partition coefficient (Wildman–Crippen LogP) is 3.73. The number of hydrogen-bond acceptors (Lipinski definition) is 5. The molecule has 4 rings (SSSR count). The van der Waals surface area contributed by atoms with Gasteiger partial charge in [-0.1, -0.05) is 30.7 Å². The molecule has 2 fully saturated rings. The Kier molecular flexibility index (Phi) is 6.47. The zero-order chi connectivity index (χ0) is 19.2. The van der Waals surface area contributed by atoms with Crippen molar-refractivity contribution in [3.05, 3.63) is 54.1 Å². The van der Waals surface area contributed by atoms with E-state index in [0.717, 1.165) is 43.6 Å². The van der Waals surface area contributed by atoms with Crippen molar-refractivity contribution in [2.24, 2.45) is 5.92 Å². The van der Waals surface area contributed by atoms with Gasteiger partial charge in [0.1, 0.15) is 5.75 Å². The van der Waals surface area contributed by atoms with E-state index in [-0.39, 0.29) is 0 Å². The average Bonchev–Trinajstić information content (AvgIpc) is 3.23. The maximum absolute atomic E-state index is 5.96. The van der Waals surface area contributed by atoms with E-state index in [1.165, 1.54) is 24.8 Å². The summed E-state index contributed by atoms with van der Waals surface area (Å²) in [6, 6.07) is 17.0. The fourth-order valence-electron chi connectivity index (χ4n) is 4.34. The number of methoxy groups -OCH3 is 1. The number of ether oxygens (including phenoxy) is 3. The van der Waals surface area contributed by atoms with Crippen molar-refractivity contribution >= 4 is 0 Å². The number of nitrogens with one attached hydrogen (secondary N) is 2. The molecule has 0 spiro atoms. The summed E-state index contributed by atoms with van der Waals surface area (Å²) < 4.78 is 17.0. The summed E-state index contributed by atoms with van der Waals surface area (Å²) in [7, 11) is 1.65. The normalized spacial score (nSPS) is 24.8.